The number of para-hydroxylation sites is 1. The van der Waals surface area contributed by atoms with Gasteiger partial charge in [-0.2, -0.15) is 0 Å². The Morgan fingerprint density at radius 1 is 1.18 bits per heavy atom. The van der Waals surface area contributed by atoms with Gasteiger partial charge in [-0.3, -0.25) is 4.79 Å². The normalized spacial score (nSPS) is 21.6. The number of hydrogen-bond acceptors (Lipinski definition) is 3. The molecule has 2 rings (SSSR count). The van der Waals surface area contributed by atoms with Crippen molar-refractivity contribution in [2.45, 2.75) is 52.4 Å². The number of nitrogens with one attached hydrogen (secondary N) is 1. The summed E-state index contributed by atoms with van der Waals surface area (Å²) in [4.78, 5) is 23.9. The molecule has 22 heavy (non-hydrogen) atoms. The number of carboxylic acid groups (broad SMARTS) is 1. The van der Waals surface area contributed by atoms with Crippen molar-refractivity contribution in [3.8, 4) is 0 Å². The lowest BCUT2D eigenvalue weighted by Crippen LogP contribution is -2.42. The highest BCUT2D eigenvalue weighted by molar-refractivity contribution is 5.96. The Morgan fingerprint density at radius 2 is 1.82 bits per heavy atom. The first-order valence-electron chi connectivity index (χ1n) is 8.03. The van der Waals surface area contributed by atoms with E-state index in [-0.39, 0.29) is 5.91 Å². The minimum atomic E-state index is -1.10. The van der Waals surface area contributed by atoms with Gasteiger partial charge in [-0.15, -0.1) is 0 Å². The smallest absolute Gasteiger partial charge is 0.228 e. The van der Waals surface area contributed by atoms with E-state index in [9.17, 15) is 14.7 Å². The van der Waals surface area contributed by atoms with Crippen LogP contribution in [0.4, 0.5) is 5.69 Å². The first-order chi connectivity index (χ1) is 10.4. The third-order valence-electron chi connectivity index (χ3n) is 4.58. The van der Waals surface area contributed by atoms with Gasteiger partial charge >= 0.3 is 0 Å². The van der Waals surface area contributed by atoms with Gasteiger partial charge in [0.15, 0.2) is 0 Å². The molecule has 2 atom stereocenters. The molecule has 0 radical (unpaired) electrons. The number of rotatable bonds is 4. The molecule has 0 aromatic heterocycles. The van der Waals surface area contributed by atoms with E-state index in [1.54, 1.807) is 0 Å². The van der Waals surface area contributed by atoms with Crippen LogP contribution in [0.3, 0.4) is 0 Å². The van der Waals surface area contributed by atoms with E-state index in [4.69, 9.17) is 0 Å². The third kappa shape index (κ3) is 3.49. The topological polar surface area (TPSA) is 69.2 Å². The first-order valence-corrected chi connectivity index (χ1v) is 8.03. The van der Waals surface area contributed by atoms with Crippen molar-refractivity contribution >= 4 is 17.6 Å². The maximum Gasteiger partial charge on any atom is 0.228 e. The Bertz CT molecular complexity index is 565. The van der Waals surface area contributed by atoms with Crippen molar-refractivity contribution in [1.29, 1.82) is 0 Å². The third-order valence-corrected chi connectivity index (χ3v) is 4.58. The summed E-state index contributed by atoms with van der Waals surface area (Å²) in [6.07, 6.45) is 2.90. The quantitative estimate of drug-likeness (QED) is 0.929. The van der Waals surface area contributed by atoms with E-state index in [1.807, 2.05) is 25.1 Å². The molecule has 0 heterocycles. The van der Waals surface area contributed by atoms with Gasteiger partial charge in [0.1, 0.15) is 0 Å². The van der Waals surface area contributed by atoms with Crippen molar-refractivity contribution in [2.75, 3.05) is 5.32 Å². The molecule has 1 amide bonds. The van der Waals surface area contributed by atoms with Crippen LogP contribution in [-0.2, 0) is 9.59 Å². The molecular weight excluding hydrogens is 278 g/mol. The highest BCUT2D eigenvalue weighted by Gasteiger charge is 2.32. The fourth-order valence-corrected chi connectivity index (χ4v) is 3.29. The Balaban J connectivity index is 2.23. The highest BCUT2D eigenvalue weighted by Crippen LogP contribution is 2.33. The predicted molar refractivity (Wildman–Crippen MR) is 84.4 cm³/mol. The van der Waals surface area contributed by atoms with Crippen molar-refractivity contribution in [2.24, 2.45) is 11.8 Å². The lowest BCUT2D eigenvalue weighted by molar-refractivity contribution is -0.313. The summed E-state index contributed by atoms with van der Waals surface area (Å²) in [5.74, 6) is -2.16. The molecule has 1 aromatic carbocycles. The lowest BCUT2D eigenvalue weighted by Gasteiger charge is -2.31. The summed E-state index contributed by atoms with van der Waals surface area (Å²) < 4.78 is 0. The van der Waals surface area contributed by atoms with Crippen LogP contribution in [0.1, 0.15) is 56.6 Å². The number of benzene rings is 1. The molecule has 4 heteroatoms. The zero-order valence-corrected chi connectivity index (χ0v) is 13.5. The molecule has 0 spiro atoms. The first kappa shape index (κ1) is 16.5. The van der Waals surface area contributed by atoms with E-state index in [0.717, 1.165) is 29.7 Å². The summed E-state index contributed by atoms with van der Waals surface area (Å²) in [5.41, 5.74) is 2.90. The molecule has 120 valence electrons. The van der Waals surface area contributed by atoms with Gasteiger partial charge in [0.25, 0.3) is 0 Å². The number of hydrogen-bond donors (Lipinski definition) is 1. The molecule has 1 aliphatic carbocycles. The molecule has 1 aliphatic rings. The molecule has 0 aliphatic heterocycles. The van der Waals surface area contributed by atoms with E-state index < -0.39 is 17.8 Å². The van der Waals surface area contributed by atoms with Gasteiger partial charge in [0, 0.05) is 23.5 Å². The SMILES string of the molecule is Cc1cccc(C(C)C)c1NC(=O)C1CCCCC1C(=O)[O-]. The van der Waals surface area contributed by atoms with Gasteiger partial charge < -0.3 is 15.2 Å². The Labute approximate surface area is 131 Å². The van der Waals surface area contributed by atoms with Crippen LogP contribution in [0.25, 0.3) is 0 Å². The van der Waals surface area contributed by atoms with Crippen LogP contribution < -0.4 is 10.4 Å². The van der Waals surface area contributed by atoms with Gasteiger partial charge in [-0.1, -0.05) is 44.9 Å². The largest absolute Gasteiger partial charge is 0.550 e. The van der Waals surface area contributed by atoms with Crippen LogP contribution in [-0.4, -0.2) is 11.9 Å². The van der Waals surface area contributed by atoms with Crippen LogP contribution >= 0.6 is 0 Å². The number of aliphatic carboxylic acids is 1. The fourth-order valence-electron chi connectivity index (χ4n) is 3.29. The van der Waals surface area contributed by atoms with Crippen molar-refractivity contribution in [3.05, 3.63) is 29.3 Å². The zero-order chi connectivity index (χ0) is 16.3. The van der Waals surface area contributed by atoms with Crippen LogP contribution in [0, 0.1) is 18.8 Å². The summed E-state index contributed by atoms with van der Waals surface area (Å²) >= 11 is 0. The highest BCUT2D eigenvalue weighted by atomic mass is 16.4. The van der Waals surface area contributed by atoms with E-state index in [2.05, 4.69) is 19.2 Å². The monoisotopic (exact) mass is 302 g/mol. The minimum Gasteiger partial charge on any atom is -0.550 e. The van der Waals surface area contributed by atoms with Crippen LogP contribution in [0.2, 0.25) is 0 Å². The van der Waals surface area contributed by atoms with Crippen molar-refractivity contribution in [3.63, 3.8) is 0 Å². The molecule has 0 bridgehead atoms. The molecule has 1 N–H and O–H groups in total. The number of amides is 1. The lowest BCUT2D eigenvalue weighted by atomic mass is 9.78. The van der Waals surface area contributed by atoms with Gasteiger partial charge in [0.2, 0.25) is 5.91 Å². The van der Waals surface area contributed by atoms with E-state index in [0.29, 0.717) is 18.8 Å². The molecule has 1 fully saturated rings. The Morgan fingerprint density at radius 3 is 2.41 bits per heavy atom. The number of carbonyl (C=O) groups excluding carboxylic acids is 2. The summed E-state index contributed by atoms with van der Waals surface area (Å²) in [7, 11) is 0. The number of anilines is 1. The molecule has 4 nitrogen and oxygen atoms in total. The van der Waals surface area contributed by atoms with Crippen molar-refractivity contribution in [1.82, 2.24) is 0 Å². The number of carboxylic acids is 1. The van der Waals surface area contributed by atoms with Gasteiger partial charge in [0.05, 0.1) is 0 Å². The van der Waals surface area contributed by atoms with Crippen LogP contribution in [0.15, 0.2) is 18.2 Å². The van der Waals surface area contributed by atoms with Crippen molar-refractivity contribution < 1.29 is 14.7 Å². The average molecular weight is 302 g/mol. The second-order valence-corrected chi connectivity index (χ2v) is 6.50. The van der Waals surface area contributed by atoms with Gasteiger partial charge in [-0.25, -0.2) is 0 Å². The maximum absolute atomic E-state index is 12.6. The second-order valence-electron chi connectivity index (χ2n) is 6.50. The molecule has 1 saturated carbocycles. The fraction of sp³-hybridized carbons (Fsp3) is 0.556. The maximum atomic E-state index is 12.6. The van der Waals surface area contributed by atoms with Gasteiger partial charge in [-0.05, 0) is 36.8 Å². The summed E-state index contributed by atoms with van der Waals surface area (Å²) in [6, 6.07) is 5.94. The minimum absolute atomic E-state index is 0.190. The summed E-state index contributed by atoms with van der Waals surface area (Å²) in [5, 5.41) is 14.3. The number of carbonyl (C=O) groups is 2. The number of aryl methyl sites for hydroxylation is 1. The molecule has 0 saturated heterocycles. The van der Waals surface area contributed by atoms with E-state index in [1.165, 1.54) is 0 Å². The summed E-state index contributed by atoms with van der Waals surface area (Å²) in [6.45, 7) is 6.11. The molecule has 1 aromatic rings. The second kappa shape index (κ2) is 6.95. The standard InChI is InChI=1S/C18H25NO3/c1-11(2)13-10-6-7-12(3)16(13)19-17(20)14-8-4-5-9-15(14)18(21)22/h6-7,10-11,14-15H,4-5,8-9H2,1-3H3,(H,19,20)(H,21,22)/p-1. The predicted octanol–water partition coefficient (Wildman–Crippen LogP) is 2.61. The molecular formula is C18H24NO3-. The average Bonchev–Trinajstić information content (AvgIpc) is 2.48. The zero-order valence-electron chi connectivity index (χ0n) is 13.5. The Hall–Kier alpha value is -1.84. The van der Waals surface area contributed by atoms with E-state index >= 15 is 0 Å². The van der Waals surface area contributed by atoms with Crippen LogP contribution in [0.5, 0.6) is 0 Å². The molecule has 2 unspecified atom stereocenters. The Kier molecular flexibility index (Phi) is 5.22.